The fraction of sp³-hybridized carbons (Fsp3) is 0.480. The average molecular weight is 491 g/mol. The van der Waals surface area contributed by atoms with Crippen LogP contribution in [0.3, 0.4) is 0 Å². The molecule has 9 heteroatoms. The van der Waals surface area contributed by atoms with Gasteiger partial charge in [0.15, 0.2) is 11.5 Å². The van der Waals surface area contributed by atoms with Gasteiger partial charge in [0.1, 0.15) is 11.4 Å². The molecule has 5 rings (SSSR count). The molecule has 0 aromatic heterocycles. The minimum Gasteiger partial charge on any atom is -0.444 e. The second-order valence-corrected chi connectivity index (χ2v) is 10.4. The zero-order valence-electron chi connectivity index (χ0n) is 19.6. The smallest absolute Gasteiger partial charge is 0.410 e. The van der Waals surface area contributed by atoms with Crippen LogP contribution < -0.4 is 14.4 Å². The molecule has 0 radical (unpaired) electrons. The Morgan fingerprint density at radius 3 is 2.65 bits per heavy atom. The minimum absolute atomic E-state index is 0.0736. The average Bonchev–Trinajstić information content (AvgIpc) is 3.36. The summed E-state index contributed by atoms with van der Waals surface area (Å²) in [7, 11) is 0. The van der Waals surface area contributed by atoms with Gasteiger partial charge < -0.3 is 23.8 Å². The quantitative estimate of drug-likeness (QED) is 0.593. The fourth-order valence-electron chi connectivity index (χ4n) is 4.83. The Morgan fingerprint density at radius 1 is 1.15 bits per heavy atom. The highest BCUT2D eigenvalue weighted by Gasteiger charge is 2.47. The Balaban J connectivity index is 1.42. The van der Waals surface area contributed by atoms with Crippen LogP contribution in [-0.2, 0) is 15.3 Å². The Morgan fingerprint density at radius 2 is 1.91 bits per heavy atom. The van der Waals surface area contributed by atoms with Crippen LogP contribution in [0.2, 0.25) is 5.02 Å². The van der Waals surface area contributed by atoms with Crippen LogP contribution >= 0.6 is 11.6 Å². The molecule has 0 N–H and O–H groups in total. The first-order valence-corrected chi connectivity index (χ1v) is 11.7. The Kier molecular flexibility index (Phi) is 5.56. The summed E-state index contributed by atoms with van der Waals surface area (Å²) in [6, 6.07) is 9.84. The molecule has 3 aliphatic heterocycles. The van der Waals surface area contributed by atoms with Gasteiger partial charge in [-0.2, -0.15) is 0 Å². The van der Waals surface area contributed by atoms with Crippen LogP contribution in [-0.4, -0.2) is 55.0 Å². The van der Waals surface area contributed by atoms with E-state index in [1.807, 2.05) is 32.9 Å². The maximum Gasteiger partial charge on any atom is 0.410 e. The number of hydrogen-bond donors (Lipinski definition) is 0. The second kappa shape index (κ2) is 8.20. The summed E-state index contributed by atoms with van der Waals surface area (Å²) in [5.74, 6) is -0.772. The minimum atomic E-state index is -1.34. The first-order chi connectivity index (χ1) is 16.1. The summed E-state index contributed by atoms with van der Waals surface area (Å²) in [4.78, 5) is 16.8. The number of benzene rings is 2. The fourth-order valence-corrected chi connectivity index (χ4v) is 4.99. The monoisotopic (exact) mass is 490 g/mol. The lowest BCUT2D eigenvalue weighted by molar-refractivity contribution is -0.0705. The third-order valence-electron chi connectivity index (χ3n) is 6.32. The predicted molar refractivity (Wildman–Crippen MR) is 125 cm³/mol. The van der Waals surface area contributed by atoms with Crippen LogP contribution in [0.4, 0.5) is 14.9 Å². The molecule has 0 aliphatic carbocycles. The molecule has 3 heterocycles. The van der Waals surface area contributed by atoms with Gasteiger partial charge in [-0.25, -0.2) is 9.18 Å². The van der Waals surface area contributed by atoms with E-state index in [-0.39, 0.29) is 23.7 Å². The van der Waals surface area contributed by atoms with E-state index in [4.69, 9.17) is 30.5 Å². The number of fused-ring (bicyclic) bond motifs is 2. The molecule has 1 unspecified atom stereocenters. The van der Waals surface area contributed by atoms with Crippen molar-refractivity contribution in [3.63, 3.8) is 0 Å². The van der Waals surface area contributed by atoms with Gasteiger partial charge in [-0.15, -0.1) is 0 Å². The zero-order valence-corrected chi connectivity index (χ0v) is 20.4. The maximum atomic E-state index is 14.7. The molecule has 1 amide bonds. The van der Waals surface area contributed by atoms with E-state index >= 15 is 0 Å². The van der Waals surface area contributed by atoms with Gasteiger partial charge in [-0.3, -0.25) is 4.90 Å². The van der Waals surface area contributed by atoms with Crippen molar-refractivity contribution in [3.05, 3.63) is 52.8 Å². The van der Waals surface area contributed by atoms with Crippen molar-refractivity contribution in [2.45, 2.75) is 51.2 Å². The number of piperazine rings is 1. The topological polar surface area (TPSA) is 60.5 Å². The number of rotatable bonds is 2. The first-order valence-electron chi connectivity index (χ1n) is 11.4. The van der Waals surface area contributed by atoms with Crippen molar-refractivity contribution in [3.8, 4) is 11.5 Å². The van der Waals surface area contributed by atoms with E-state index in [9.17, 15) is 9.18 Å². The number of carbonyl (C=O) groups is 1. The molecular weight excluding hydrogens is 463 g/mol. The lowest BCUT2D eigenvalue weighted by atomic mass is 10.0. The highest BCUT2D eigenvalue weighted by molar-refractivity contribution is 6.30. The van der Waals surface area contributed by atoms with E-state index in [0.29, 0.717) is 42.8 Å². The van der Waals surface area contributed by atoms with Crippen LogP contribution in [0.25, 0.3) is 0 Å². The normalized spacial score (nSPS) is 25.9. The van der Waals surface area contributed by atoms with Gasteiger partial charge in [0.2, 0.25) is 0 Å². The molecule has 182 valence electrons. The van der Waals surface area contributed by atoms with Crippen molar-refractivity contribution in [2.75, 3.05) is 31.2 Å². The van der Waals surface area contributed by atoms with Crippen LogP contribution in [0.5, 0.6) is 11.5 Å². The number of para-hydroxylation sites is 1. The molecule has 0 bridgehead atoms. The number of hydrogen-bond acceptors (Lipinski definition) is 6. The van der Waals surface area contributed by atoms with E-state index in [2.05, 4.69) is 4.90 Å². The van der Waals surface area contributed by atoms with Gasteiger partial charge in [0.05, 0.1) is 36.5 Å². The Hall–Kier alpha value is -2.71. The molecule has 2 saturated heterocycles. The number of amides is 1. The molecule has 0 spiro atoms. The van der Waals surface area contributed by atoms with Crippen LogP contribution in [0.15, 0.2) is 36.4 Å². The second-order valence-electron chi connectivity index (χ2n) is 9.92. The van der Waals surface area contributed by atoms with Crippen LogP contribution in [0.1, 0.15) is 33.3 Å². The molecular formula is C25H28ClFN2O5. The zero-order chi connectivity index (χ0) is 24.3. The van der Waals surface area contributed by atoms with Gasteiger partial charge in [0.25, 0.3) is 5.79 Å². The van der Waals surface area contributed by atoms with Crippen molar-refractivity contribution in [1.29, 1.82) is 0 Å². The summed E-state index contributed by atoms with van der Waals surface area (Å²) in [6.07, 6.45) is -0.337. The van der Waals surface area contributed by atoms with E-state index < -0.39 is 17.2 Å². The van der Waals surface area contributed by atoms with E-state index in [0.717, 1.165) is 5.69 Å². The van der Waals surface area contributed by atoms with Crippen molar-refractivity contribution >= 4 is 23.4 Å². The van der Waals surface area contributed by atoms with Gasteiger partial charge in [-0.05, 0) is 51.1 Å². The van der Waals surface area contributed by atoms with E-state index in [1.165, 1.54) is 6.07 Å². The molecule has 7 nitrogen and oxygen atoms in total. The van der Waals surface area contributed by atoms with Crippen LogP contribution in [0, 0.1) is 5.82 Å². The Bertz CT molecular complexity index is 1120. The molecule has 2 aromatic carbocycles. The standard InChI is InChI=1S/C25H28ClFN2O5/c1-24(2,3)34-23(30)29-11-10-28(19-13-31-14-20(19)29)18-6-5-7-21-22(18)33-25(4,32-21)16-9-8-15(26)12-17(16)27/h5-9,12,19-20H,10-11,13-14H2,1-4H3/t19-,20+,25?/m0/s1. The third kappa shape index (κ3) is 4.03. The summed E-state index contributed by atoms with van der Waals surface area (Å²) in [5.41, 5.74) is 0.506. The number of ether oxygens (including phenoxy) is 4. The largest absolute Gasteiger partial charge is 0.444 e. The summed E-state index contributed by atoms with van der Waals surface area (Å²) < 4.78 is 38.5. The summed E-state index contributed by atoms with van der Waals surface area (Å²) in [5, 5.41) is 0.302. The maximum absolute atomic E-state index is 14.7. The first kappa shape index (κ1) is 23.1. The summed E-state index contributed by atoms with van der Waals surface area (Å²) >= 11 is 5.93. The van der Waals surface area contributed by atoms with Gasteiger partial charge in [0, 0.05) is 25.0 Å². The number of anilines is 1. The lowest BCUT2D eigenvalue weighted by Crippen LogP contribution is -2.61. The van der Waals surface area contributed by atoms with Gasteiger partial charge in [-0.1, -0.05) is 17.7 Å². The molecule has 2 fully saturated rings. The number of halogens is 2. The summed E-state index contributed by atoms with van der Waals surface area (Å²) in [6.45, 7) is 9.20. The number of carbonyl (C=O) groups excluding carboxylic acids is 1. The lowest BCUT2D eigenvalue weighted by Gasteiger charge is -2.44. The van der Waals surface area contributed by atoms with Crippen molar-refractivity contribution in [2.24, 2.45) is 0 Å². The van der Waals surface area contributed by atoms with Gasteiger partial charge >= 0.3 is 6.09 Å². The highest BCUT2D eigenvalue weighted by Crippen LogP contribution is 2.50. The molecule has 3 atom stereocenters. The SMILES string of the molecule is CC(C)(C)OC(=O)N1CCN(c2cccc3c2OC(C)(c2ccc(Cl)cc2F)O3)[C@H]2COC[C@H]21. The predicted octanol–water partition coefficient (Wildman–Crippen LogP) is 4.95. The Labute approximate surface area is 203 Å². The molecule has 3 aliphatic rings. The van der Waals surface area contributed by atoms with Crippen molar-refractivity contribution in [1.82, 2.24) is 4.90 Å². The third-order valence-corrected chi connectivity index (χ3v) is 6.56. The number of nitrogens with zero attached hydrogens (tertiary/aromatic N) is 2. The highest BCUT2D eigenvalue weighted by atomic mass is 35.5. The van der Waals surface area contributed by atoms with E-state index in [1.54, 1.807) is 30.0 Å². The molecule has 2 aromatic rings. The van der Waals surface area contributed by atoms with Crippen molar-refractivity contribution < 1.29 is 28.1 Å². The molecule has 0 saturated carbocycles. The molecule has 34 heavy (non-hydrogen) atoms.